The van der Waals surface area contributed by atoms with Crippen molar-refractivity contribution in [2.24, 2.45) is 5.73 Å². The topological polar surface area (TPSA) is 114 Å². The number of nitrogens with two attached hydrogens (primary N) is 1. The van der Waals surface area contributed by atoms with Crippen molar-refractivity contribution in [1.82, 2.24) is 4.98 Å². The van der Waals surface area contributed by atoms with Crippen LogP contribution in [0.15, 0.2) is 60.8 Å². The van der Waals surface area contributed by atoms with E-state index in [1.807, 2.05) is 48.7 Å². The number of carboxylic acids is 2. The van der Waals surface area contributed by atoms with E-state index in [1.54, 1.807) is 0 Å². The molecule has 0 bridgehead atoms. The van der Waals surface area contributed by atoms with Crippen molar-refractivity contribution >= 4 is 23.5 Å². The second-order valence-electron chi connectivity index (χ2n) is 4.95. The van der Waals surface area contributed by atoms with Gasteiger partial charge in [-0.3, -0.25) is 4.98 Å². The van der Waals surface area contributed by atoms with Gasteiger partial charge in [0.1, 0.15) is 0 Å². The van der Waals surface area contributed by atoms with Crippen LogP contribution < -0.4 is 5.73 Å². The Bertz CT molecular complexity index is 687. The van der Waals surface area contributed by atoms with Crippen LogP contribution >= 0.6 is 11.6 Å². The van der Waals surface area contributed by atoms with Gasteiger partial charge in [0.2, 0.25) is 0 Å². The molecule has 0 radical (unpaired) electrons. The van der Waals surface area contributed by atoms with Gasteiger partial charge in [0.15, 0.2) is 0 Å². The molecule has 2 rings (SSSR count). The van der Waals surface area contributed by atoms with E-state index in [0.29, 0.717) is 18.7 Å². The van der Waals surface area contributed by atoms with Gasteiger partial charge in [-0.25, -0.2) is 9.59 Å². The molecule has 0 aliphatic heterocycles. The second kappa shape index (κ2) is 11.0. The fourth-order valence-electron chi connectivity index (χ4n) is 2.07. The van der Waals surface area contributed by atoms with Crippen LogP contribution in [0.2, 0.25) is 5.02 Å². The van der Waals surface area contributed by atoms with Crippen LogP contribution in [0.1, 0.15) is 23.6 Å². The van der Waals surface area contributed by atoms with Crippen LogP contribution in [0.5, 0.6) is 0 Å². The molecule has 132 valence electrons. The first-order chi connectivity index (χ1) is 11.9. The Morgan fingerprint density at radius 2 is 1.68 bits per heavy atom. The zero-order valence-electron chi connectivity index (χ0n) is 13.4. The molecule has 0 saturated carbocycles. The third kappa shape index (κ3) is 8.10. The molecule has 1 aromatic heterocycles. The Hall–Kier alpha value is -2.70. The number of carboxylic acid groups (broad SMARTS) is 2. The standard InChI is InChI=1S/C14H15ClN2.C4H4O4/c15-12-6-4-11(5-7-12)13(8-9-16)14-3-1-2-10-17-14;5-3(6)1-2-4(7)8/h1-7,10,13H,8-9,16H2;1-2H,(H,5,6)(H,7,8)/b;2-1-. The quantitative estimate of drug-likeness (QED) is 0.681. The van der Waals surface area contributed by atoms with E-state index >= 15 is 0 Å². The third-order valence-electron chi connectivity index (χ3n) is 3.14. The van der Waals surface area contributed by atoms with Crippen molar-refractivity contribution in [3.63, 3.8) is 0 Å². The maximum Gasteiger partial charge on any atom is 0.328 e. The lowest BCUT2D eigenvalue weighted by Crippen LogP contribution is -2.10. The highest BCUT2D eigenvalue weighted by molar-refractivity contribution is 6.30. The summed E-state index contributed by atoms with van der Waals surface area (Å²) in [5, 5.41) is 16.4. The van der Waals surface area contributed by atoms with Crippen molar-refractivity contribution in [1.29, 1.82) is 0 Å². The number of halogens is 1. The first-order valence-electron chi connectivity index (χ1n) is 7.44. The molecular formula is C18H19ClN2O4. The predicted octanol–water partition coefficient (Wildman–Crippen LogP) is 2.93. The van der Waals surface area contributed by atoms with Gasteiger partial charge in [-0.1, -0.05) is 29.8 Å². The van der Waals surface area contributed by atoms with Crippen LogP contribution in [0.3, 0.4) is 0 Å². The van der Waals surface area contributed by atoms with Gasteiger partial charge in [0, 0.05) is 35.0 Å². The summed E-state index contributed by atoms with van der Waals surface area (Å²) in [5.41, 5.74) is 7.94. The molecule has 0 saturated heterocycles. The molecule has 0 spiro atoms. The van der Waals surface area contributed by atoms with E-state index in [0.717, 1.165) is 17.1 Å². The first kappa shape index (κ1) is 20.3. The number of nitrogens with zero attached hydrogens (tertiary/aromatic N) is 1. The zero-order valence-corrected chi connectivity index (χ0v) is 14.1. The molecule has 25 heavy (non-hydrogen) atoms. The fourth-order valence-corrected chi connectivity index (χ4v) is 2.20. The second-order valence-corrected chi connectivity index (χ2v) is 5.38. The van der Waals surface area contributed by atoms with Crippen LogP contribution in [0, 0.1) is 0 Å². The Morgan fingerprint density at radius 3 is 2.12 bits per heavy atom. The van der Waals surface area contributed by atoms with Gasteiger partial charge in [-0.2, -0.15) is 0 Å². The lowest BCUT2D eigenvalue weighted by atomic mass is 9.92. The molecule has 2 aromatic rings. The van der Waals surface area contributed by atoms with Gasteiger partial charge in [-0.15, -0.1) is 0 Å². The molecule has 1 heterocycles. The fraction of sp³-hybridized carbons (Fsp3) is 0.167. The molecule has 1 atom stereocenters. The molecule has 0 fully saturated rings. The summed E-state index contributed by atoms with van der Waals surface area (Å²) in [6.45, 7) is 0.643. The number of aliphatic carboxylic acids is 2. The summed E-state index contributed by atoms with van der Waals surface area (Å²) in [6, 6.07) is 13.9. The molecule has 6 nitrogen and oxygen atoms in total. The van der Waals surface area contributed by atoms with Crippen molar-refractivity contribution in [2.75, 3.05) is 6.54 Å². The summed E-state index contributed by atoms with van der Waals surface area (Å²) in [7, 11) is 0. The zero-order chi connectivity index (χ0) is 18.7. The minimum atomic E-state index is -1.26. The minimum absolute atomic E-state index is 0.249. The summed E-state index contributed by atoms with van der Waals surface area (Å²) in [5.74, 6) is -2.27. The highest BCUT2D eigenvalue weighted by Crippen LogP contribution is 2.26. The monoisotopic (exact) mass is 362 g/mol. The largest absolute Gasteiger partial charge is 0.478 e. The molecule has 4 N–H and O–H groups in total. The van der Waals surface area contributed by atoms with Crippen molar-refractivity contribution in [3.05, 3.63) is 77.1 Å². The summed E-state index contributed by atoms with van der Waals surface area (Å²) in [6.07, 6.45) is 3.82. The first-order valence-corrected chi connectivity index (χ1v) is 7.82. The van der Waals surface area contributed by atoms with Crippen molar-refractivity contribution < 1.29 is 19.8 Å². The molecular weight excluding hydrogens is 344 g/mol. The van der Waals surface area contributed by atoms with Crippen molar-refractivity contribution in [2.45, 2.75) is 12.3 Å². The highest BCUT2D eigenvalue weighted by Gasteiger charge is 2.14. The number of hydrogen-bond acceptors (Lipinski definition) is 4. The number of benzene rings is 1. The van der Waals surface area contributed by atoms with Gasteiger partial charge in [-0.05, 0) is 42.8 Å². The molecule has 1 unspecified atom stereocenters. The lowest BCUT2D eigenvalue weighted by Gasteiger charge is -2.16. The van der Waals surface area contributed by atoms with Gasteiger partial charge in [0.05, 0.1) is 0 Å². The van der Waals surface area contributed by atoms with Crippen LogP contribution in [0.25, 0.3) is 0 Å². The van der Waals surface area contributed by atoms with Crippen LogP contribution in [-0.4, -0.2) is 33.7 Å². The number of rotatable bonds is 6. The maximum atomic E-state index is 9.55. The lowest BCUT2D eigenvalue weighted by molar-refractivity contribution is -0.134. The summed E-state index contributed by atoms with van der Waals surface area (Å²) < 4.78 is 0. The SMILES string of the molecule is NCCC(c1ccc(Cl)cc1)c1ccccn1.O=C(O)/C=C\C(=O)O. The summed E-state index contributed by atoms with van der Waals surface area (Å²) in [4.78, 5) is 23.5. The number of aromatic nitrogens is 1. The van der Waals surface area contributed by atoms with E-state index in [9.17, 15) is 9.59 Å². The molecule has 7 heteroatoms. The van der Waals surface area contributed by atoms with Crippen LogP contribution in [-0.2, 0) is 9.59 Å². The van der Waals surface area contributed by atoms with E-state index in [1.165, 1.54) is 5.56 Å². The molecule has 0 aliphatic carbocycles. The molecule has 0 aliphatic rings. The normalized spacial score (nSPS) is 11.4. The van der Waals surface area contributed by atoms with Crippen molar-refractivity contribution in [3.8, 4) is 0 Å². The van der Waals surface area contributed by atoms with Crippen LogP contribution in [0.4, 0.5) is 0 Å². The maximum absolute atomic E-state index is 9.55. The number of hydrogen-bond donors (Lipinski definition) is 3. The highest BCUT2D eigenvalue weighted by atomic mass is 35.5. The number of carbonyl (C=O) groups is 2. The Kier molecular flexibility index (Phi) is 8.92. The van der Waals surface area contributed by atoms with E-state index < -0.39 is 11.9 Å². The van der Waals surface area contributed by atoms with E-state index in [2.05, 4.69) is 4.98 Å². The third-order valence-corrected chi connectivity index (χ3v) is 3.39. The van der Waals surface area contributed by atoms with Gasteiger partial charge < -0.3 is 15.9 Å². The predicted molar refractivity (Wildman–Crippen MR) is 95.6 cm³/mol. The van der Waals surface area contributed by atoms with Gasteiger partial charge >= 0.3 is 11.9 Å². The summed E-state index contributed by atoms with van der Waals surface area (Å²) >= 11 is 5.90. The Balaban J connectivity index is 0.000000333. The minimum Gasteiger partial charge on any atom is -0.478 e. The van der Waals surface area contributed by atoms with E-state index in [4.69, 9.17) is 27.5 Å². The number of pyridine rings is 1. The smallest absolute Gasteiger partial charge is 0.328 e. The Labute approximate surface area is 150 Å². The Morgan fingerprint density at radius 1 is 1.08 bits per heavy atom. The molecule has 1 aromatic carbocycles. The molecule has 0 amide bonds. The van der Waals surface area contributed by atoms with E-state index in [-0.39, 0.29) is 5.92 Å². The average molecular weight is 363 g/mol. The van der Waals surface area contributed by atoms with Gasteiger partial charge in [0.25, 0.3) is 0 Å². The average Bonchev–Trinajstić information content (AvgIpc) is 2.60.